The molecule has 5 heteroatoms. The number of hydrogen-bond acceptors (Lipinski definition) is 3. The van der Waals surface area contributed by atoms with Crippen LogP contribution in [-0.4, -0.2) is 9.78 Å². The first-order valence-corrected chi connectivity index (χ1v) is 6.18. The number of aromatic nitrogens is 2. The first-order chi connectivity index (χ1) is 7.65. The minimum atomic E-state index is 0.724. The summed E-state index contributed by atoms with van der Waals surface area (Å²) in [4.78, 5) is 0. The van der Waals surface area contributed by atoms with Crippen LogP contribution in [0.3, 0.4) is 0 Å². The Hall–Kier alpha value is -1.13. The van der Waals surface area contributed by atoms with Crippen LogP contribution >= 0.6 is 23.4 Å². The second kappa shape index (κ2) is 4.80. The molecule has 0 amide bonds. The molecule has 2 N–H and O–H groups in total. The Labute approximate surface area is 104 Å². The number of nitrogen functional groups attached to an aromatic ring is 1. The number of halogens is 1. The van der Waals surface area contributed by atoms with Gasteiger partial charge in [0.15, 0.2) is 0 Å². The van der Waals surface area contributed by atoms with Gasteiger partial charge in [-0.25, -0.2) is 0 Å². The van der Waals surface area contributed by atoms with E-state index in [0.717, 1.165) is 21.5 Å². The number of nitrogens with two attached hydrogens (primary N) is 1. The molecule has 1 aromatic heterocycles. The van der Waals surface area contributed by atoms with Crippen molar-refractivity contribution < 1.29 is 0 Å². The molecule has 0 unspecified atom stereocenters. The Morgan fingerprint density at radius 1 is 1.38 bits per heavy atom. The second-order valence-electron chi connectivity index (χ2n) is 3.48. The van der Waals surface area contributed by atoms with Crippen LogP contribution in [0.2, 0.25) is 5.02 Å². The van der Waals surface area contributed by atoms with E-state index in [4.69, 9.17) is 17.3 Å². The SMILES string of the molecule is Cn1cc(N)c(SCc2ccc(Cl)cc2)n1. The maximum absolute atomic E-state index is 5.81. The average Bonchev–Trinajstić information content (AvgIpc) is 2.57. The van der Waals surface area contributed by atoms with E-state index in [9.17, 15) is 0 Å². The predicted molar refractivity (Wildman–Crippen MR) is 68.6 cm³/mol. The molecule has 0 saturated heterocycles. The van der Waals surface area contributed by atoms with Gasteiger partial charge in [0, 0.05) is 24.0 Å². The lowest BCUT2D eigenvalue weighted by Crippen LogP contribution is -1.87. The maximum Gasteiger partial charge on any atom is 0.141 e. The van der Waals surface area contributed by atoms with E-state index in [1.165, 1.54) is 5.56 Å². The molecule has 0 saturated carbocycles. The number of hydrogen-bond donors (Lipinski definition) is 1. The third-order valence-corrected chi connectivity index (χ3v) is 3.43. The van der Waals surface area contributed by atoms with Crippen LogP contribution in [0, 0.1) is 0 Å². The molecule has 2 rings (SSSR count). The Kier molecular flexibility index (Phi) is 3.41. The fourth-order valence-corrected chi connectivity index (χ4v) is 2.36. The molecule has 0 radical (unpaired) electrons. The van der Waals surface area contributed by atoms with E-state index in [2.05, 4.69) is 5.10 Å². The van der Waals surface area contributed by atoms with Crippen molar-refractivity contribution in [1.29, 1.82) is 0 Å². The number of benzene rings is 1. The number of nitrogens with zero attached hydrogens (tertiary/aromatic N) is 2. The zero-order chi connectivity index (χ0) is 11.5. The molecule has 3 nitrogen and oxygen atoms in total. The van der Waals surface area contributed by atoms with Crippen molar-refractivity contribution in [2.24, 2.45) is 7.05 Å². The number of rotatable bonds is 3. The van der Waals surface area contributed by atoms with Gasteiger partial charge in [-0.15, -0.1) is 0 Å². The zero-order valence-corrected chi connectivity index (χ0v) is 10.4. The van der Waals surface area contributed by atoms with E-state index in [-0.39, 0.29) is 0 Å². The van der Waals surface area contributed by atoms with Gasteiger partial charge < -0.3 is 5.73 Å². The molecule has 0 aliphatic carbocycles. The van der Waals surface area contributed by atoms with Gasteiger partial charge in [-0.1, -0.05) is 35.5 Å². The van der Waals surface area contributed by atoms with Crippen molar-refractivity contribution in [2.75, 3.05) is 5.73 Å². The largest absolute Gasteiger partial charge is 0.395 e. The lowest BCUT2D eigenvalue weighted by atomic mass is 10.2. The van der Waals surface area contributed by atoms with Crippen LogP contribution in [0.4, 0.5) is 5.69 Å². The van der Waals surface area contributed by atoms with Crippen LogP contribution in [-0.2, 0) is 12.8 Å². The maximum atomic E-state index is 5.81. The summed E-state index contributed by atoms with van der Waals surface area (Å²) in [6.07, 6.45) is 1.81. The molecular weight excluding hydrogens is 242 g/mol. The average molecular weight is 254 g/mol. The van der Waals surface area contributed by atoms with E-state index < -0.39 is 0 Å². The topological polar surface area (TPSA) is 43.8 Å². The highest BCUT2D eigenvalue weighted by Gasteiger charge is 2.04. The number of aryl methyl sites for hydroxylation is 1. The fourth-order valence-electron chi connectivity index (χ4n) is 1.33. The van der Waals surface area contributed by atoms with Gasteiger partial charge in [0.1, 0.15) is 5.03 Å². The minimum Gasteiger partial charge on any atom is -0.395 e. The lowest BCUT2D eigenvalue weighted by molar-refractivity contribution is 0.738. The predicted octanol–water partition coefficient (Wildman–Crippen LogP) is 2.95. The summed E-state index contributed by atoms with van der Waals surface area (Å²) in [5, 5.41) is 5.90. The van der Waals surface area contributed by atoms with Crippen molar-refractivity contribution in [1.82, 2.24) is 9.78 Å². The van der Waals surface area contributed by atoms with Crippen LogP contribution in [0.5, 0.6) is 0 Å². The van der Waals surface area contributed by atoms with Crippen LogP contribution in [0.1, 0.15) is 5.56 Å². The molecule has 1 heterocycles. The Morgan fingerprint density at radius 3 is 2.62 bits per heavy atom. The molecular formula is C11H12ClN3S. The zero-order valence-electron chi connectivity index (χ0n) is 8.85. The van der Waals surface area contributed by atoms with Crippen molar-refractivity contribution in [3.63, 3.8) is 0 Å². The Morgan fingerprint density at radius 2 is 2.06 bits per heavy atom. The summed E-state index contributed by atoms with van der Waals surface area (Å²) < 4.78 is 1.72. The highest BCUT2D eigenvalue weighted by Crippen LogP contribution is 2.26. The molecule has 0 spiro atoms. The van der Waals surface area contributed by atoms with E-state index in [1.807, 2.05) is 37.5 Å². The Balaban J connectivity index is 2.02. The third-order valence-electron chi connectivity index (χ3n) is 2.11. The van der Waals surface area contributed by atoms with E-state index in [0.29, 0.717) is 0 Å². The van der Waals surface area contributed by atoms with Gasteiger partial charge >= 0.3 is 0 Å². The van der Waals surface area contributed by atoms with Crippen molar-refractivity contribution in [3.05, 3.63) is 41.0 Å². The summed E-state index contributed by atoms with van der Waals surface area (Å²) in [6.45, 7) is 0. The first-order valence-electron chi connectivity index (χ1n) is 4.81. The molecule has 16 heavy (non-hydrogen) atoms. The summed E-state index contributed by atoms with van der Waals surface area (Å²) in [5.74, 6) is 0.846. The molecule has 0 aliphatic rings. The molecule has 0 aliphatic heterocycles. The highest BCUT2D eigenvalue weighted by molar-refractivity contribution is 7.98. The summed E-state index contributed by atoms with van der Waals surface area (Å²) >= 11 is 7.44. The van der Waals surface area contributed by atoms with Gasteiger partial charge in [0.25, 0.3) is 0 Å². The molecule has 0 fully saturated rings. The first kappa shape index (κ1) is 11.4. The summed E-state index contributed by atoms with van der Waals surface area (Å²) in [5.41, 5.74) is 7.74. The van der Waals surface area contributed by atoms with Gasteiger partial charge in [-0.2, -0.15) is 5.10 Å². The third kappa shape index (κ3) is 2.71. The summed E-state index contributed by atoms with van der Waals surface area (Å²) in [6, 6.07) is 7.79. The fraction of sp³-hybridized carbons (Fsp3) is 0.182. The lowest BCUT2D eigenvalue weighted by Gasteiger charge is -2.00. The van der Waals surface area contributed by atoms with Crippen LogP contribution in [0.25, 0.3) is 0 Å². The smallest absolute Gasteiger partial charge is 0.141 e. The van der Waals surface area contributed by atoms with Crippen LogP contribution < -0.4 is 5.73 Å². The van der Waals surface area contributed by atoms with Crippen LogP contribution in [0.15, 0.2) is 35.5 Å². The van der Waals surface area contributed by atoms with E-state index >= 15 is 0 Å². The van der Waals surface area contributed by atoms with E-state index in [1.54, 1.807) is 16.4 Å². The Bertz CT molecular complexity index is 478. The van der Waals surface area contributed by atoms with Gasteiger partial charge in [0.05, 0.1) is 5.69 Å². The van der Waals surface area contributed by atoms with Crippen molar-refractivity contribution >= 4 is 29.1 Å². The van der Waals surface area contributed by atoms with Gasteiger partial charge in [0.2, 0.25) is 0 Å². The number of thioether (sulfide) groups is 1. The summed E-state index contributed by atoms with van der Waals surface area (Å²) in [7, 11) is 1.86. The standard InChI is InChI=1S/C11H12ClN3S/c1-15-6-10(13)11(14-15)16-7-8-2-4-9(12)5-3-8/h2-6H,7,13H2,1H3. The molecule has 0 atom stereocenters. The molecule has 0 bridgehead atoms. The minimum absolute atomic E-state index is 0.724. The quantitative estimate of drug-likeness (QED) is 0.856. The van der Waals surface area contributed by atoms with Gasteiger partial charge in [-0.3, -0.25) is 4.68 Å². The number of anilines is 1. The highest BCUT2D eigenvalue weighted by atomic mass is 35.5. The molecule has 2 aromatic rings. The van der Waals surface area contributed by atoms with Crippen molar-refractivity contribution in [3.8, 4) is 0 Å². The van der Waals surface area contributed by atoms with Gasteiger partial charge in [-0.05, 0) is 17.7 Å². The second-order valence-corrected chi connectivity index (χ2v) is 4.88. The molecule has 1 aromatic carbocycles. The molecule has 84 valence electrons. The normalized spacial score (nSPS) is 10.6. The monoisotopic (exact) mass is 253 g/mol. The van der Waals surface area contributed by atoms with Crippen molar-refractivity contribution in [2.45, 2.75) is 10.8 Å².